The van der Waals surface area contributed by atoms with Gasteiger partial charge in [-0.2, -0.15) is 0 Å². The maximum absolute atomic E-state index is 12.3. The number of aryl methyl sites for hydroxylation is 1. The minimum absolute atomic E-state index is 0.182. The summed E-state index contributed by atoms with van der Waals surface area (Å²) in [6.45, 7) is 12.5. The van der Waals surface area contributed by atoms with Crippen molar-refractivity contribution in [3.63, 3.8) is 0 Å². The average molecular weight is 653 g/mol. The van der Waals surface area contributed by atoms with Crippen molar-refractivity contribution in [2.75, 3.05) is 13.7 Å². The van der Waals surface area contributed by atoms with Gasteiger partial charge in [-0.1, -0.05) is 80.8 Å². The van der Waals surface area contributed by atoms with Gasteiger partial charge < -0.3 is 5.32 Å². The van der Waals surface area contributed by atoms with E-state index >= 15 is 0 Å². The topological polar surface area (TPSA) is 105 Å². The molecule has 40 heavy (non-hydrogen) atoms. The number of allylic oxidation sites excluding steroid dienone is 8. The van der Waals surface area contributed by atoms with Crippen LogP contribution in [0.5, 0.6) is 0 Å². The first-order chi connectivity index (χ1) is 19.1. The number of hydrogen-bond acceptors (Lipinski definition) is 6. The van der Waals surface area contributed by atoms with Gasteiger partial charge in [-0.15, -0.1) is 11.3 Å². The predicted octanol–water partition coefficient (Wildman–Crippen LogP) is 8.02. The Morgan fingerprint density at radius 1 is 1.18 bits per heavy atom. The molecule has 0 radical (unpaired) electrons. The van der Waals surface area contributed by atoms with Gasteiger partial charge in [0, 0.05) is 25.7 Å². The summed E-state index contributed by atoms with van der Waals surface area (Å²) in [4.78, 5) is 12.3. The number of nitrogens with two attached hydrogens (primary N) is 2. The molecule has 6 nitrogen and oxygen atoms in total. The molecule has 0 saturated heterocycles. The Hall–Kier alpha value is -2.04. The fourth-order valence-corrected chi connectivity index (χ4v) is 5.63. The van der Waals surface area contributed by atoms with Crippen molar-refractivity contribution in [2.45, 2.75) is 66.7 Å². The number of thiophene rings is 1. The van der Waals surface area contributed by atoms with Crippen molar-refractivity contribution in [3.05, 3.63) is 91.8 Å². The van der Waals surface area contributed by atoms with E-state index in [0.717, 1.165) is 22.3 Å². The van der Waals surface area contributed by atoms with Crippen LogP contribution in [0.1, 0.15) is 70.9 Å². The lowest BCUT2D eigenvalue weighted by Crippen LogP contribution is -2.37. The minimum Gasteiger partial charge on any atom is -0.338 e. The van der Waals surface area contributed by atoms with Crippen LogP contribution in [-0.2, 0) is 4.79 Å². The summed E-state index contributed by atoms with van der Waals surface area (Å²) >= 11 is 11.6. The van der Waals surface area contributed by atoms with Crippen molar-refractivity contribution in [1.82, 2.24) is 16.2 Å². The van der Waals surface area contributed by atoms with E-state index in [-0.39, 0.29) is 18.5 Å². The molecule has 2 aromatic rings. The normalized spacial score (nSPS) is 13.2. The van der Waals surface area contributed by atoms with Gasteiger partial charge in [0.1, 0.15) is 0 Å². The molecule has 9 heteroatoms. The smallest absolute Gasteiger partial charge is 0.252 e. The second kappa shape index (κ2) is 22.6. The molecule has 1 amide bonds. The van der Waals surface area contributed by atoms with Crippen molar-refractivity contribution >= 4 is 54.9 Å². The highest BCUT2D eigenvalue weighted by Crippen LogP contribution is 2.41. The molecule has 1 aromatic carbocycles. The summed E-state index contributed by atoms with van der Waals surface area (Å²) < 4.78 is 2.39. The summed E-state index contributed by atoms with van der Waals surface area (Å²) in [5, 5.41) is 7.01. The average Bonchev–Trinajstić information content (AvgIpc) is 3.32. The number of amides is 1. The predicted molar refractivity (Wildman–Crippen MR) is 181 cm³/mol. The standard InChI is InChI=1S/C27H33BrClN3OS.C3H8.CH6N2/c1-5-9-21(27(33)31-17-32-30)10-7-8-11-22(20(6-2)13-12-19(4)29)24-16-34-26-23(24)14-18(3)15-25(26)28;2*1-3-2/h5,7-10,12-16,22,32H,6,11,17,30H2,1-4H3,(H,31,33);3H2,1-2H3;3H,2H2,1H3/b8-7+,9-5-,19-12+,20-13+,21-10+;;. The molecular formula is C31H47BrClN5OS. The zero-order chi connectivity index (χ0) is 30.5. The van der Waals surface area contributed by atoms with Crippen LogP contribution in [-0.4, -0.2) is 19.6 Å². The van der Waals surface area contributed by atoms with Crippen LogP contribution in [0.15, 0.2) is 80.7 Å². The van der Waals surface area contributed by atoms with Crippen LogP contribution < -0.4 is 27.9 Å². The van der Waals surface area contributed by atoms with Crippen molar-refractivity contribution in [2.24, 2.45) is 11.7 Å². The number of hydrogen-bond donors (Lipinski definition) is 5. The Morgan fingerprint density at radius 2 is 1.82 bits per heavy atom. The van der Waals surface area contributed by atoms with Crippen LogP contribution >= 0.6 is 38.9 Å². The lowest BCUT2D eigenvalue weighted by atomic mass is 9.86. The lowest BCUT2D eigenvalue weighted by molar-refractivity contribution is -0.117. The van der Waals surface area contributed by atoms with Crippen LogP contribution in [0.25, 0.3) is 10.1 Å². The fraction of sp³-hybridized carbons (Fsp3) is 0.387. The summed E-state index contributed by atoms with van der Waals surface area (Å²) in [5.74, 6) is 9.87. The van der Waals surface area contributed by atoms with E-state index in [4.69, 9.17) is 17.4 Å². The molecule has 0 saturated carbocycles. The van der Waals surface area contributed by atoms with E-state index < -0.39 is 0 Å². The van der Waals surface area contributed by atoms with E-state index in [0.29, 0.717) is 5.57 Å². The summed E-state index contributed by atoms with van der Waals surface area (Å²) in [6.07, 6.45) is 16.6. The zero-order valence-electron chi connectivity index (χ0n) is 24.9. The van der Waals surface area contributed by atoms with Crippen molar-refractivity contribution < 1.29 is 4.79 Å². The largest absolute Gasteiger partial charge is 0.338 e. The maximum Gasteiger partial charge on any atom is 0.252 e. The molecule has 2 rings (SSSR count). The summed E-state index contributed by atoms with van der Waals surface area (Å²) in [5.41, 5.74) is 9.10. The molecule has 0 bridgehead atoms. The first-order valence-corrected chi connectivity index (χ1v) is 15.5. The third-order valence-electron chi connectivity index (χ3n) is 5.30. The lowest BCUT2D eigenvalue weighted by Gasteiger charge is -2.18. The molecule has 1 atom stereocenters. The number of fused-ring (bicyclic) bond motifs is 1. The molecule has 1 heterocycles. The molecule has 222 valence electrons. The molecule has 0 aliphatic heterocycles. The number of carbonyl (C=O) groups is 1. The molecule has 7 N–H and O–H groups in total. The Morgan fingerprint density at radius 3 is 2.38 bits per heavy atom. The van der Waals surface area contributed by atoms with Crippen LogP contribution in [0.3, 0.4) is 0 Å². The molecule has 0 fully saturated rings. The van der Waals surface area contributed by atoms with E-state index in [1.807, 2.05) is 38.2 Å². The number of rotatable bonds is 11. The van der Waals surface area contributed by atoms with Crippen LogP contribution in [0.2, 0.25) is 0 Å². The summed E-state index contributed by atoms with van der Waals surface area (Å²) in [6, 6.07) is 4.42. The third-order valence-corrected chi connectivity index (χ3v) is 7.37. The van der Waals surface area contributed by atoms with Gasteiger partial charge in [0.15, 0.2) is 0 Å². The quantitative estimate of drug-likeness (QED) is 0.0556. The Bertz CT molecular complexity index is 1180. The van der Waals surface area contributed by atoms with Gasteiger partial charge in [-0.05, 0) is 96.7 Å². The zero-order valence-corrected chi connectivity index (χ0v) is 28.1. The van der Waals surface area contributed by atoms with Crippen molar-refractivity contribution in [3.8, 4) is 0 Å². The van der Waals surface area contributed by atoms with E-state index in [1.54, 1.807) is 24.5 Å². The first kappa shape index (κ1) is 38.0. The number of nitrogens with one attached hydrogen (secondary N) is 3. The first-order valence-electron chi connectivity index (χ1n) is 13.4. The van der Waals surface area contributed by atoms with Gasteiger partial charge in [-0.25, -0.2) is 5.43 Å². The highest BCUT2D eigenvalue weighted by atomic mass is 79.9. The minimum atomic E-state index is -0.182. The monoisotopic (exact) mass is 651 g/mol. The fourth-order valence-electron chi connectivity index (χ4n) is 3.71. The van der Waals surface area contributed by atoms with Gasteiger partial charge in [0.2, 0.25) is 0 Å². The molecule has 0 spiro atoms. The second-order valence-electron chi connectivity index (χ2n) is 8.88. The third kappa shape index (κ3) is 14.0. The van der Waals surface area contributed by atoms with Crippen LogP contribution in [0, 0.1) is 6.92 Å². The summed E-state index contributed by atoms with van der Waals surface area (Å²) in [7, 11) is 1.65. The van der Waals surface area contributed by atoms with Gasteiger partial charge >= 0.3 is 0 Å². The Balaban J connectivity index is 0.00000232. The Kier molecular flexibility index (Phi) is 21.5. The SMILES string of the molecule is CCC.CNN.C\C=C/C(=C\C=C\CC(/C(=C/C=C(\C)Cl)CC)c1csc2c(Br)cc(C)cc12)C(=O)NCNN. The maximum atomic E-state index is 12.3. The molecule has 1 aromatic heterocycles. The van der Waals surface area contributed by atoms with Gasteiger partial charge in [0.25, 0.3) is 5.91 Å². The molecular weight excluding hydrogens is 606 g/mol. The molecule has 1 unspecified atom stereocenters. The van der Waals surface area contributed by atoms with Crippen LogP contribution in [0.4, 0.5) is 0 Å². The Labute approximate surface area is 258 Å². The highest BCUT2D eigenvalue weighted by molar-refractivity contribution is 9.10. The van der Waals surface area contributed by atoms with E-state index in [9.17, 15) is 4.79 Å². The number of benzene rings is 1. The van der Waals surface area contributed by atoms with E-state index in [1.165, 1.54) is 33.2 Å². The van der Waals surface area contributed by atoms with Gasteiger partial charge in [0.05, 0.1) is 6.67 Å². The van der Waals surface area contributed by atoms with E-state index in [2.05, 4.69) is 95.3 Å². The molecule has 0 aliphatic carbocycles. The molecule has 0 aliphatic rings. The highest BCUT2D eigenvalue weighted by Gasteiger charge is 2.19. The van der Waals surface area contributed by atoms with Crippen molar-refractivity contribution in [1.29, 1.82) is 0 Å². The number of hydrazine groups is 2. The number of halogens is 2. The van der Waals surface area contributed by atoms with Gasteiger partial charge in [-0.3, -0.25) is 21.9 Å². The second-order valence-corrected chi connectivity index (χ2v) is 11.2. The number of carbonyl (C=O) groups excluding carboxylic acids is 1.